The maximum Gasteiger partial charge on any atom is 0.306 e. The number of hydrogen-bond donors (Lipinski definition) is 1. The topological polar surface area (TPSA) is 80.9 Å². The van der Waals surface area contributed by atoms with Crippen LogP contribution in [0.15, 0.2) is 0 Å². The van der Waals surface area contributed by atoms with Gasteiger partial charge in [0.1, 0.15) is 0 Å². The van der Waals surface area contributed by atoms with E-state index in [2.05, 4.69) is 15.5 Å². The van der Waals surface area contributed by atoms with Gasteiger partial charge in [-0.05, 0) is 47.9 Å². The first kappa shape index (κ1) is 12.6. The Hall–Kier alpha value is -1.46. The maximum absolute atomic E-state index is 10.8. The Kier molecular flexibility index (Phi) is 3.24. The molecule has 6 nitrogen and oxygen atoms in total. The van der Waals surface area contributed by atoms with Crippen LogP contribution in [0.1, 0.15) is 50.8 Å². The van der Waals surface area contributed by atoms with Gasteiger partial charge in [-0.2, -0.15) is 0 Å². The Morgan fingerprint density at radius 3 is 2.95 bits per heavy atom. The van der Waals surface area contributed by atoms with E-state index in [0.29, 0.717) is 18.9 Å². The Bertz CT molecular complexity index is 473. The van der Waals surface area contributed by atoms with Crippen molar-refractivity contribution in [1.82, 2.24) is 20.2 Å². The van der Waals surface area contributed by atoms with E-state index in [1.807, 2.05) is 4.68 Å². The minimum absolute atomic E-state index is 0.350. The fourth-order valence-corrected chi connectivity index (χ4v) is 3.64. The zero-order chi connectivity index (χ0) is 13.4. The average molecular weight is 264 g/mol. The number of hydrogen-bond acceptors (Lipinski definition) is 4. The van der Waals surface area contributed by atoms with Crippen molar-refractivity contribution in [3.63, 3.8) is 0 Å². The molecule has 0 spiro atoms. The molecule has 0 aliphatic heterocycles. The third-order valence-corrected chi connectivity index (χ3v) is 4.82. The Labute approximate surface area is 112 Å². The summed E-state index contributed by atoms with van der Waals surface area (Å²) in [6.45, 7) is 2.33. The second kappa shape index (κ2) is 4.90. The molecule has 0 saturated heterocycles. The quantitative estimate of drug-likeness (QED) is 0.875. The molecule has 3 rings (SSSR count). The van der Waals surface area contributed by atoms with E-state index in [9.17, 15) is 4.79 Å². The van der Waals surface area contributed by atoms with E-state index in [4.69, 9.17) is 5.11 Å². The second-order valence-electron chi connectivity index (χ2n) is 6.07. The van der Waals surface area contributed by atoms with Gasteiger partial charge in [0.25, 0.3) is 0 Å². The first-order valence-corrected chi connectivity index (χ1v) is 7.14. The Morgan fingerprint density at radius 2 is 2.32 bits per heavy atom. The molecule has 4 unspecified atom stereocenters. The molecule has 19 heavy (non-hydrogen) atoms. The molecule has 6 heteroatoms. The lowest BCUT2D eigenvalue weighted by Gasteiger charge is -2.20. The van der Waals surface area contributed by atoms with Crippen LogP contribution in [0.3, 0.4) is 0 Å². The van der Waals surface area contributed by atoms with Crippen molar-refractivity contribution in [2.24, 2.45) is 17.8 Å². The van der Waals surface area contributed by atoms with Crippen molar-refractivity contribution in [3.8, 4) is 0 Å². The lowest BCUT2D eigenvalue weighted by atomic mass is 9.88. The number of aliphatic carboxylic acids is 1. The molecular formula is C13H20N4O2. The number of nitrogens with zero attached hydrogens (tertiary/aromatic N) is 4. The van der Waals surface area contributed by atoms with Crippen molar-refractivity contribution in [1.29, 1.82) is 0 Å². The lowest BCUT2D eigenvalue weighted by Crippen LogP contribution is -2.18. The van der Waals surface area contributed by atoms with Crippen molar-refractivity contribution >= 4 is 5.97 Å². The molecule has 0 amide bonds. The number of carboxylic acid groups (broad SMARTS) is 1. The molecule has 2 aliphatic carbocycles. The van der Waals surface area contributed by atoms with Crippen molar-refractivity contribution < 1.29 is 9.90 Å². The summed E-state index contributed by atoms with van der Waals surface area (Å²) in [6, 6.07) is 0. The van der Waals surface area contributed by atoms with Crippen LogP contribution >= 0.6 is 0 Å². The zero-order valence-electron chi connectivity index (χ0n) is 11.2. The second-order valence-corrected chi connectivity index (χ2v) is 6.07. The van der Waals surface area contributed by atoms with Crippen LogP contribution in [0, 0.1) is 17.8 Å². The van der Waals surface area contributed by atoms with E-state index < -0.39 is 5.97 Å². The lowest BCUT2D eigenvalue weighted by molar-refractivity contribution is -0.141. The fourth-order valence-electron chi connectivity index (χ4n) is 3.64. The van der Waals surface area contributed by atoms with Crippen LogP contribution in [0.25, 0.3) is 0 Å². The number of tetrazole rings is 1. The molecule has 4 atom stereocenters. The molecule has 1 aromatic heterocycles. The van der Waals surface area contributed by atoms with E-state index in [1.165, 1.54) is 25.7 Å². The van der Waals surface area contributed by atoms with Gasteiger partial charge in [0.05, 0.1) is 5.92 Å². The molecule has 1 aromatic rings. The Morgan fingerprint density at radius 1 is 1.47 bits per heavy atom. The highest BCUT2D eigenvalue weighted by Gasteiger charge is 2.42. The molecule has 104 valence electrons. The molecule has 0 radical (unpaired) electrons. The molecule has 2 saturated carbocycles. The number of carboxylic acids is 1. The van der Waals surface area contributed by atoms with Gasteiger partial charge in [-0.15, -0.1) is 5.10 Å². The summed E-state index contributed by atoms with van der Waals surface area (Å²) in [5.41, 5.74) is 0. The minimum atomic E-state index is -0.755. The van der Waals surface area contributed by atoms with E-state index >= 15 is 0 Å². The average Bonchev–Trinajstić information content (AvgIpc) is 3.10. The highest BCUT2D eigenvalue weighted by Crippen LogP contribution is 2.52. The zero-order valence-corrected chi connectivity index (χ0v) is 11.2. The standard InChI is InChI=1S/C13H20N4O2/c1-8(13(18)19)4-5-17-12(14-15-16-17)11-7-9-2-3-10(11)6-9/h8-11H,2-7H2,1H3,(H,18,19). The van der Waals surface area contributed by atoms with E-state index in [1.54, 1.807) is 6.92 Å². The molecule has 2 fully saturated rings. The number of rotatable bonds is 5. The van der Waals surface area contributed by atoms with Gasteiger partial charge in [-0.1, -0.05) is 13.3 Å². The molecule has 1 heterocycles. The van der Waals surface area contributed by atoms with Crippen LogP contribution < -0.4 is 0 Å². The number of carbonyl (C=O) groups is 1. The molecule has 2 aliphatic rings. The minimum Gasteiger partial charge on any atom is -0.481 e. The number of aryl methyl sites for hydroxylation is 1. The third-order valence-electron chi connectivity index (χ3n) is 4.82. The normalized spacial score (nSPS) is 30.7. The summed E-state index contributed by atoms with van der Waals surface area (Å²) in [4.78, 5) is 10.8. The third kappa shape index (κ3) is 2.35. The van der Waals surface area contributed by atoms with Gasteiger partial charge in [0.15, 0.2) is 5.82 Å². The SMILES string of the molecule is CC(CCn1nnnc1C1CC2CCC1C2)C(=O)O. The number of aromatic nitrogens is 4. The smallest absolute Gasteiger partial charge is 0.306 e. The predicted octanol–water partition coefficient (Wildman–Crippen LogP) is 1.69. The van der Waals surface area contributed by atoms with Gasteiger partial charge < -0.3 is 5.11 Å². The monoisotopic (exact) mass is 264 g/mol. The van der Waals surface area contributed by atoms with E-state index in [-0.39, 0.29) is 5.92 Å². The summed E-state index contributed by atoms with van der Waals surface area (Å²) in [7, 11) is 0. The fraction of sp³-hybridized carbons (Fsp3) is 0.846. The maximum atomic E-state index is 10.8. The van der Waals surface area contributed by atoms with Gasteiger partial charge in [0.2, 0.25) is 0 Å². The highest BCUT2D eigenvalue weighted by molar-refractivity contribution is 5.69. The number of fused-ring (bicyclic) bond motifs is 2. The summed E-state index contributed by atoms with van der Waals surface area (Å²) in [5.74, 6) is 1.97. The van der Waals surface area contributed by atoms with Crippen molar-refractivity contribution in [3.05, 3.63) is 5.82 Å². The van der Waals surface area contributed by atoms with Crippen LogP contribution in [-0.2, 0) is 11.3 Å². The van der Waals surface area contributed by atoms with Gasteiger partial charge >= 0.3 is 5.97 Å². The summed E-state index contributed by atoms with van der Waals surface area (Å²) in [5, 5.41) is 20.9. The van der Waals surface area contributed by atoms with Crippen molar-refractivity contribution in [2.75, 3.05) is 0 Å². The Balaban J connectivity index is 1.67. The summed E-state index contributed by atoms with van der Waals surface area (Å²) in [6.07, 6.45) is 5.77. The van der Waals surface area contributed by atoms with Gasteiger partial charge in [0, 0.05) is 12.5 Å². The highest BCUT2D eigenvalue weighted by atomic mass is 16.4. The summed E-state index contributed by atoms with van der Waals surface area (Å²) >= 11 is 0. The largest absolute Gasteiger partial charge is 0.481 e. The van der Waals surface area contributed by atoms with Gasteiger partial charge in [-0.25, -0.2) is 4.68 Å². The van der Waals surface area contributed by atoms with E-state index in [0.717, 1.165) is 17.7 Å². The van der Waals surface area contributed by atoms with Crippen LogP contribution in [0.4, 0.5) is 0 Å². The summed E-state index contributed by atoms with van der Waals surface area (Å²) < 4.78 is 1.82. The molecular weight excluding hydrogens is 244 g/mol. The molecule has 1 N–H and O–H groups in total. The van der Waals surface area contributed by atoms with Crippen LogP contribution in [-0.4, -0.2) is 31.3 Å². The molecule has 2 bridgehead atoms. The van der Waals surface area contributed by atoms with Crippen LogP contribution in [0.2, 0.25) is 0 Å². The van der Waals surface area contributed by atoms with Gasteiger partial charge in [-0.3, -0.25) is 4.79 Å². The van der Waals surface area contributed by atoms with Crippen molar-refractivity contribution in [2.45, 2.75) is 51.5 Å². The first-order chi connectivity index (χ1) is 9.15. The van der Waals surface area contributed by atoms with Crippen LogP contribution in [0.5, 0.6) is 0 Å². The predicted molar refractivity (Wildman–Crippen MR) is 67.4 cm³/mol. The molecule has 0 aromatic carbocycles. The first-order valence-electron chi connectivity index (χ1n) is 7.14.